The fraction of sp³-hybridized carbons (Fsp3) is 0.333. The van der Waals surface area contributed by atoms with Crippen LogP contribution in [0, 0.1) is 0 Å². The molecular formula is C21H26N2O2S. The molecule has 0 saturated heterocycles. The summed E-state index contributed by atoms with van der Waals surface area (Å²) in [6, 6.07) is 15.6. The van der Waals surface area contributed by atoms with E-state index >= 15 is 0 Å². The Balaban J connectivity index is 1.79. The summed E-state index contributed by atoms with van der Waals surface area (Å²) >= 11 is 1.53. The number of carbonyl (C=O) groups is 2. The molecule has 2 aromatic carbocycles. The number of hydrogen-bond acceptors (Lipinski definition) is 3. The van der Waals surface area contributed by atoms with E-state index in [0.29, 0.717) is 17.9 Å². The highest BCUT2D eigenvalue weighted by molar-refractivity contribution is 8.00. The second-order valence-electron chi connectivity index (χ2n) is 7.12. The molecule has 5 heteroatoms. The first kappa shape index (κ1) is 20.0. The minimum absolute atomic E-state index is 0.00900. The van der Waals surface area contributed by atoms with Crippen molar-refractivity contribution in [1.29, 1.82) is 0 Å². The monoisotopic (exact) mass is 370 g/mol. The largest absolute Gasteiger partial charge is 0.355 e. The van der Waals surface area contributed by atoms with E-state index < -0.39 is 0 Å². The van der Waals surface area contributed by atoms with Crippen molar-refractivity contribution in [3.8, 4) is 0 Å². The van der Waals surface area contributed by atoms with Gasteiger partial charge in [0.25, 0.3) is 5.91 Å². The zero-order chi connectivity index (χ0) is 19.2. The SMILES string of the molecule is CNC(=O)c1ccc(CNC(=O)CSc2ccc(C(C)(C)C)cc2)cc1. The van der Waals surface area contributed by atoms with Crippen LogP contribution >= 0.6 is 11.8 Å². The van der Waals surface area contributed by atoms with Gasteiger partial charge in [-0.1, -0.05) is 45.0 Å². The maximum atomic E-state index is 12.0. The van der Waals surface area contributed by atoms with Crippen LogP contribution in [0.25, 0.3) is 0 Å². The number of thioether (sulfide) groups is 1. The molecule has 4 nitrogen and oxygen atoms in total. The number of carbonyl (C=O) groups excluding carboxylic acids is 2. The molecule has 0 aliphatic carbocycles. The molecule has 0 bridgehead atoms. The van der Waals surface area contributed by atoms with E-state index in [0.717, 1.165) is 10.5 Å². The smallest absolute Gasteiger partial charge is 0.251 e. The molecule has 2 rings (SSSR count). The minimum atomic E-state index is -0.116. The standard InChI is InChI=1S/C21H26N2O2S/c1-21(2,3)17-9-11-18(12-10-17)26-14-19(24)23-13-15-5-7-16(8-6-15)20(25)22-4/h5-12H,13-14H2,1-4H3,(H,22,25)(H,23,24). The van der Waals surface area contributed by atoms with Gasteiger partial charge in [-0.15, -0.1) is 11.8 Å². The van der Waals surface area contributed by atoms with Crippen molar-refractivity contribution in [2.45, 2.75) is 37.6 Å². The van der Waals surface area contributed by atoms with Gasteiger partial charge in [-0.25, -0.2) is 0 Å². The van der Waals surface area contributed by atoms with Crippen LogP contribution in [0.2, 0.25) is 0 Å². The van der Waals surface area contributed by atoms with E-state index in [-0.39, 0.29) is 17.2 Å². The van der Waals surface area contributed by atoms with Crippen LogP contribution in [0.15, 0.2) is 53.4 Å². The Morgan fingerprint density at radius 2 is 1.58 bits per heavy atom. The van der Waals surface area contributed by atoms with E-state index in [2.05, 4.69) is 55.7 Å². The normalized spacial score (nSPS) is 11.1. The van der Waals surface area contributed by atoms with Gasteiger partial charge in [-0.2, -0.15) is 0 Å². The van der Waals surface area contributed by atoms with Crippen LogP contribution in [0.1, 0.15) is 42.3 Å². The molecular weight excluding hydrogens is 344 g/mol. The third kappa shape index (κ3) is 5.92. The summed E-state index contributed by atoms with van der Waals surface area (Å²) in [5.74, 6) is 0.255. The van der Waals surface area contributed by atoms with Gasteiger partial charge < -0.3 is 10.6 Å². The summed E-state index contributed by atoms with van der Waals surface area (Å²) in [4.78, 5) is 24.6. The minimum Gasteiger partial charge on any atom is -0.355 e. The second-order valence-corrected chi connectivity index (χ2v) is 8.16. The van der Waals surface area contributed by atoms with Gasteiger partial charge in [0.15, 0.2) is 0 Å². The molecule has 0 atom stereocenters. The summed E-state index contributed by atoms with van der Waals surface area (Å²) < 4.78 is 0. The lowest BCUT2D eigenvalue weighted by Gasteiger charge is -2.19. The summed E-state index contributed by atoms with van der Waals surface area (Å²) in [5.41, 5.74) is 2.99. The zero-order valence-electron chi connectivity index (χ0n) is 15.8. The number of benzene rings is 2. The van der Waals surface area contributed by atoms with E-state index in [1.165, 1.54) is 17.3 Å². The Labute approximate surface area is 159 Å². The van der Waals surface area contributed by atoms with E-state index in [4.69, 9.17) is 0 Å². The second kappa shape index (κ2) is 8.90. The van der Waals surface area contributed by atoms with Crippen molar-refractivity contribution in [3.05, 3.63) is 65.2 Å². The highest BCUT2D eigenvalue weighted by Crippen LogP contribution is 2.25. The van der Waals surface area contributed by atoms with Crippen LogP contribution < -0.4 is 10.6 Å². The molecule has 0 radical (unpaired) electrons. The Bertz CT molecular complexity index is 747. The molecule has 2 N–H and O–H groups in total. The lowest BCUT2D eigenvalue weighted by Crippen LogP contribution is -2.24. The first-order chi connectivity index (χ1) is 12.3. The molecule has 0 saturated carbocycles. The summed E-state index contributed by atoms with van der Waals surface area (Å²) in [6.07, 6.45) is 0. The fourth-order valence-electron chi connectivity index (χ4n) is 2.37. The molecule has 0 heterocycles. The van der Waals surface area contributed by atoms with Crippen molar-refractivity contribution < 1.29 is 9.59 Å². The topological polar surface area (TPSA) is 58.2 Å². The highest BCUT2D eigenvalue weighted by atomic mass is 32.2. The quantitative estimate of drug-likeness (QED) is 0.762. The number of nitrogens with one attached hydrogen (secondary N) is 2. The lowest BCUT2D eigenvalue weighted by atomic mass is 9.87. The molecule has 0 unspecified atom stereocenters. The Morgan fingerprint density at radius 1 is 0.962 bits per heavy atom. The molecule has 0 aliphatic heterocycles. The fourth-order valence-corrected chi connectivity index (χ4v) is 3.10. The van der Waals surface area contributed by atoms with Crippen LogP contribution in [-0.2, 0) is 16.8 Å². The van der Waals surface area contributed by atoms with E-state index in [1.54, 1.807) is 19.2 Å². The Kier molecular flexibility index (Phi) is 6.86. The molecule has 2 amide bonds. The molecule has 0 fully saturated rings. The van der Waals surface area contributed by atoms with Gasteiger partial charge in [0.05, 0.1) is 5.75 Å². The molecule has 138 valence electrons. The Morgan fingerprint density at radius 3 is 2.12 bits per heavy atom. The Hall–Kier alpha value is -2.27. The zero-order valence-corrected chi connectivity index (χ0v) is 16.6. The predicted molar refractivity (Wildman–Crippen MR) is 108 cm³/mol. The average Bonchev–Trinajstić information content (AvgIpc) is 2.64. The third-order valence-corrected chi connectivity index (χ3v) is 5.04. The van der Waals surface area contributed by atoms with Gasteiger partial charge in [-0.05, 0) is 40.8 Å². The van der Waals surface area contributed by atoms with Gasteiger partial charge >= 0.3 is 0 Å². The van der Waals surface area contributed by atoms with Gasteiger partial charge in [0, 0.05) is 24.1 Å². The van der Waals surface area contributed by atoms with E-state index in [9.17, 15) is 9.59 Å². The van der Waals surface area contributed by atoms with Crippen LogP contribution in [0.5, 0.6) is 0 Å². The molecule has 0 aliphatic rings. The van der Waals surface area contributed by atoms with Crippen molar-refractivity contribution in [3.63, 3.8) is 0 Å². The third-order valence-electron chi connectivity index (χ3n) is 4.02. The van der Waals surface area contributed by atoms with Crippen molar-refractivity contribution in [2.75, 3.05) is 12.8 Å². The predicted octanol–water partition coefficient (Wildman–Crippen LogP) is 3.75. The number of amides is 2. The van der Waals surface area contributed by atoms with Gasteiger partial charge in [-0.3, -0.25) is 9.59 Å². The van der Waals surface area contributed by atoms with Crippen LogP contribution in [-0.4, -0.2) is 24.6 Å². The lowest BCUT2D eigenvalue weighted by molar-refractivity contribution is -0.118. The molecule has 26 heavy (non-hydrogen) atoms. The molecule has 0 aromatic heterocycles. The van der Waals surface area contributed by atoms with Crippen molar-refractivity contribution in [1.82, 2.24) is 10.6 Å². The summed E-state index contributed by atoms with van der Waals surface area (Å²) in [6.45, 7) is 7.01. The average molecular weight is 371 g/mol. The molecule has 2 aromatic rings. The molecule has 0 spiro atoms. The van der Waals surface area contributed by atoms with Crippen LogP contribution in [0.3, 0.4) is 0 Å². The number of hydrogen-bond donors (Lipinski definition) is 2. The summed E-state index contributed by atoms with van der Waals surface area (Å²) in [5, 5.41) is 5.49. The van der Waals surface area contributed by atoms with Gasteiger partial charge in [0.2, 0.25) is 5.91 Å². The first-order valence-electron chi connectivity index (χ1n) is 8.60. The van der Waals surface area contributed by atoms with Crippen LogP contribution in [0.4, 0.5) is 0 Å². The van der Waals surface area contributed by atoms with E-state index in [1.807, 2.05) is 12.1 Å². The van der Waals surface area contributed by atoms with Crippen molar-refractivity contribution >= 4 is 23.6 Å². The number of rotatable bonds is 6. The first-order valence-corrected chi connectivity index (χ1v) is 9.59. The maximum absolute atomic E-state index is 12.0. The van der Waals surface area contributed by atoms with Crippen molar-refractivity contribution in [2.24, 2.45) is 0 Å². The van der Waals surface area contributed by atoms with Gasteiger partial charge in [0.1, 0.15) is 0 Å². The maximum Gasteiger partial charge on any atom is 0.251 e. The highest BCUT2D eigenvalue weighted by Gasteiger charge is 2.13. The summed E-state index contributed by atoms with van der Waals surface area (Å²) in [7, 11) is 1.60.